The molecule has 4 atom stereocenters. The van der Waals surface area contributed by atoms with E-state index in [-0.39, 0.29) is 13.2 Å². The van der Waals surface area contributed by atoms with Crippen molar-refractivity contribution in [2.45, 2.75) is 44.1 Å². The molecule has 0 saturated carbocycles. The van der Waals surface area contributed by atoms with E-state index in [1.54, 1.807) is 0 Å². The third-order valence-electron chi connectivity index (χ3n) is 4.46. The Morgan fingerprint density at radius 2 is 1.81 bits per heavy atom. The molecule has 1 amide bonds. The summed E-state index contributed by atoms with van der Waals surface area (Å²) in [6.45, 7) is 4.54. The molecule has 1 aromatic rings. The molecule has 2 aliphatic rings. The Balaban J connectivity index is 1.54. The summed E-state index contributed by atoms with van der Waals surface area (Å²) in [4.78, 5) is 12.1. The minimum Gasteiger partial charge on any atom is -0.441 e. The van der Waals surface area contributed by atoms with Crippen LogP contribution in [0.4, 0.5) is 10.5 Å². The molecule has 26 heavy (non-hydrogen) atoms. The van der Waals surface area contributed by atoms with E-state index >= 15 is 0 Å². The molecule has 3 rings (SSSR count). The third-order valence-corrected chi connectivity index (χ3v) is 5.19. The molecule has 0 aromatic heterocycles. The normalized spacial score (nSPS) is 28.2. The first-order valence-electron chi connectivity index (χ1n) is 8.51. The first-order valence-corrected chi connectivity index (χ1v) is 10.4. The van der Waals surface area contributed by atoms with Crippen molar-refractivity contribution < 1.29 is 27.4 Å². The van der Waals surface area contributed by atoms with E-state index in [0.29, 0.717) is 11.6 Å². The van der Waals surface area contributed by atoms with Gasteiger partial charge >= 0.3 is 6.09 Å². The highest BCUT2D eigenvalue weighted by atomic mass is 32.2. The van der Waals surface area contributed by atoms with Crippen molar-refractivity contribution >= 4 is 21.8 Å². The van der Waals surface area contributed by atoms with Gasteiger partial charge in [0.25, 0.3) is 0 Å². The summed E-state index contributed by atoms with van der Waals surface area (Å²) in [5.74, 6) is 0.413. The van der Waals surface area contributed by atoms with Crippen LogP contribution in [-0.4, -0.2) is 58.3 Å². The number of sulfonamides is 1. The Kier molecular flexibility index (Phi) is 5.52. The number of carbonyl (C=O) groups is 1. The molecule has 0 aliphatic carbocycles. The molecule has 2 heterocycles. The SMILES string of the molecule is CC(C)c1ccc(NC(=O)O[C@H]2CO[C@@H]3[C@@H]2OC[C@@H]3NS(C)(=O)=O)cc1. The van der Waals surface area contributed by atoms with Crippen LogP contribution >= 0.6 is 0 Å². The smallest absolute Gasteiger partial charge is 0.412 e. The highest BCUT2D eigenvalue weighted by Gasteiger charge is 2.50. The van der Waals surface area contributed by atoms with Gasteiger partial charge in [-0.1, -0.05) is 26.0 Å². The van der Waals surface area contributed by atoms with Crippen molar-refractivity contribution in [1.29, 1.82) is 0 Å². The summed E-state index contributed by atoms with van der Waals surface area (Å²) in [7, 11) is -3.37. The van der Waals surface area contributed by atoms with Crippen molar-refractivity contribution in [1.82, 2.24) is 4.72 Å². The standard InChI is InChI=1S/C17H24N2O6S/c1-10(2)11-4-6-12(7-5-11)18-17(20)25-14-9-24-15-13(8-23-16(14)15)19-26(3,21)22/h4-7,10,13-16,19H,8-9H2,1-3H3,(H,18,20)/t13-,14-,15-,16+/m0/s1. The van der Waals surface area contributed by atoms with Crippen LogP contribution in [0.3, 0.4) is 0 Å². The number of nitrogens with one attached hydrogen (secondary N) is 2. The molecule has 0 radical (unpaired) electrons. The van der Waals surface area contributed by atoms with Crippen LogP contribution in [0.1, 0.15) is 25.3 Å². The zero-order chi connectivity index (χ0) is 18.9. The molecule has 2 aliphatic heterocycles. The Hall–Kier alpha value is -1.68. The van der Waals surface area contributed by atoms with Gasteiger partial charge in [-0.2, -0.15) is 0 Å². The number of fused-ring (bicyclic) bond motifs is 1. The lowest BCUT2D eigenvalue weighted by Gasteiger charge is -2.17. The highest BCUT2D eigenvalue weighted by molar-refractivity contribution is 7.88. The average molecular weight is 384 g/mol. The number of ether oxygens (including phenoxy) is 3. The molecule has 2 saturated heterocycles. The predicted octanol–water partition coefficient (Wildman–Crippen LogP) is 1.44. The minimum atomic E-state index is -3.37. The number of rotatable bonds is 5. The van der Waals surface area contributed by atoms with E-state index in [4.69, 9.17) is 14.2 Å². The molecule has 0 unspecified atom stereocenters. The van der Waals surface area contributed by atoms with E-state index in [1.807, 2.05) is 24.3 Å². The van der Waals surface area contributed by atoms with Crippen LogP contribution in [0, 0.1) is 0 Å². The van der Waals surface area contributed by atoms with Crippen molar-refractivity contribution in [3.63, 3.8) is 0 Å². The third kappa shape index (κ3) is 4.53. The Morgan fingerprint density at radius 3 is 2.42 bits per heavy atom. The van der Waals surface area contributed by atoms with Gasteiger partial charge in [-0.05, 0) is 23.6 Å². The second-order valence-corrected chi connectivity index (χ2v) is 8.72. The fraction of sp³-hybridized carbons (Fsp3) is 0.588. The van der Waals surface area contributed by atoms with Gasteiger partial charge in [0.05, 0.1) is 25.5 Å². The number of hydrogen-bond acceptors (Lipinski definition) is 6. The van der Waals surface area contributed by atoms with Crippen molar-refractivity contribution in [3.05, 3.63) is 29.8 Å². The first-order chi connectivity index (χ1) is 12.2. The second-order valence-electron chi connectivity index (χ2n) is 6.94. The first kappa shape index (κ1) is 19.1. The Bertz CT molecular complexity index is 749. The lowest BCUT2D eigenvalue weighted by atomic mass is 10.0. The Labute approximate surface area is 153 Å². The van der Waals surface area contributed by atoms with E-state index in [1.165, 1.54) is 5.56 Å². The maximum atomic E-state index is 12.1. The quantitative estimate of drug-likeness (QED) is 0.796. The zero-order valence-electron chi connectivity index (χ0n) is 15.0. The largest absolute Gasteiger partial charge is 0.441 e. The number of benzene rings is 1. The van der Waals surface area contributed by atoms with Gasteiger partial charge < -0.3 is 14.2 Å². The van der Waals surface area contributed by atoms with Crippen LogP contribution < -0.4 is 10.0 Å². The summed E-state index contributed by atoms with van der Waals surface area (Å²) >= 11 is 0. The van der Waals surface area contributed by atoms with E-state index in [9.17, 15) is 13.2 Å². The highest BCUT2D eigenvalue weighted by Crippen LogP contribution is 2.29. The summed E-state index contributed by atoms with van der Waals surface area (Å²) < 4.78 is 41.8. The number of carbonyl (C=O) groups excluding carboxylic acids is 1. The maximum Gasteiger partial charge on any atom is 0.412 e. The molecule has 9 heteroatoms. The molecule has 1 aromatic carbocycles. The lowest BCUT2D eigenvalue weighted by Crippen LogP contribution is -2.44. The van der Waals surface area contributed by atoms with Gasteiger partial charge in [-0.25, -0.2) is 17.9 Å². The summed E-state index contributed by atoms with van der Waals surface area (Å²) in [6, 6.07) is 7.08. The van der Waals surface area contributed by atoms with Crippen molar-refractivity contribution in [2.24, 2.45) is 0 Å². The topological polar surface area (TPSA) is 103 Å². The van der Waals surface area contributed by atoms with E-state index in [0.717, 1.165) is 6.26 Å². The minimum absolute atomic E-state index is 0.164. The van der Waals surface area contributed by atoms with Crippen molar-refractivity contribution in [2.75, 3.05) is 24.8 Å². The fourth-order valence-electron chi connectivity index (χ4n) is 3.18. The van der Waals surface area contributed by atoms with Crippen LogP contribution in [0.5, 0.6) is 0 Å². The molecule has 0 bridgehead atoms. The van der Waals surface area contributed by atoms with Gasteiger partial charge in [-0.3, -0.25) is 5.32 Å². The monoisotopic (exact) mass is 384 g/mol. The molecule has 0 spiro atoms. The molecule has 8 nitrogen and oxygen atoms in total. The summed E-state index contributed by atoms with van der Waals surface area (Å²) in [6.07, 6.45) is -1.04. The van der Waals surface area contributed by atoms with Crippen LogP contribution in [0.15, 0.2) is 24.3 Å². The molecule has 2 N–H and O–H groups in total. The van der Waals surface area contributed by atoms with Crippen molar-refractivity contribution in [3.8, 4) is 0 Å². The molecular weight excluding hydrogens is 360 g/mol. The van der Waals surface area contributed by atoms with E-state index in [2.05, 4.69) is 23.9 Å². The molecular formula is C17H24N2O6S. The predicted molar refractivity (Wildman–Crippen MR) is 95.7 cm³/mol. The zero-order valence-corrected chi connectivity index (χ0v) is 15.8. The van der Waals surface area contributed by atoms with Crippen LogP contribution in [-0.2, 0) is 24.2 Å². The average Bonchev–Trinajstić information content (AvgIpc) is 3.10. The fourth-order valence-corrected chi connectivity index (χ4v) is 3.93. The molecule has 2 fully saturated rings. The summed E-state index contributed by atoms with van der Waals surface area (Å²) in [5, 5.41) is 2.68. The summed E-state index contributed by atoms with van der Waals surface area (Å²) in [5.41, 5.74) is 1.82. The number of amides is 1. The van der Waals surface area contributed by atoms with Crippen LogP contribution in [0.25, 0.3) is 0 Å². The number of hydrogen-bond donors (Lipinski definition) is 2. The van der Waals surface area contributed by atoms with Gasteiger partial charge in [0.15, 0.2) is 6.10 Å². The van der Waals surface area contributed by atoms with Gasteiger partial charge in [-0.15, -0.1) is 0 Å². The number of anilines is 1. The Morgan fingerprint density at radius 1 is 1.15 bits per heavy atom. The maximum absolute atomic E-state index is 12.1. The van der Waals surface area contributed by atoms with Gasteiger partial charge in [0.1, 0.15) is 12.2 Å². The lowest BCUT2D eigenvalue weighted by molar-refractivity contribution is 0.00884. The van der Waals surface area contributed by atoms with Crippen LogP contribution in [0.2, 0.25) is 0 Å². The second kappa shape index (κ2) is 7.51. The molecule has 144 valence electrons. The van der Waals surface area contributed by atoms with E-state index < -0.39 is 40.5 Å². The van der Waals surface area contributed by atoms with Gasteiger partial charge in [0.2, 0.25) is 10.0 Å². The van der Waals surface area contributed by atoms with Gasteiger partial charge in [0, 0.05) is 5.69 Å².